The van der Waals surface area contributed by atoms with Gasteiger partial charge in [-0.1, -0.05) is 28.1 Å². The van der Waals surface area contributed by atoms with Crippen molar-refractivity contribution in [3.05, 3.63) is 69.5 Å². The van der Waals surface area contributed by atoms with Crippen LogP contribution in [0.2, 0.25) is 0 Å². The summed E-state index contributed by atoms with van der Waals surface area (Å²) in [6.45, 7) is 0. The van der Waals surface area contributed by atoms with E-state index in [0.29, 0.717) is 5.56 Å². The van der Waals surface area contributed by atoms with Crippen molar-refractivity contribution in [3.8, 4) is 6.07 Å². The molecule has 3 aromatic rings. The van der Waals surface area contributed by atoms with Crippen LogP contribution in [0.1, 0.15) is 28.4 Å². The average Bonchev–Trinajstić information content (AvgIpc) is 2.61. The van der Waals surface area contributed by atoms with Crippen LogP contribution < -0.4 is 0 Å². The van der Waals surface area contributed by atoms with E-state index >= 15 is 0 Å². The first kappa shape index (κ1) is 20.1. The summed E-state index contributed by atoms with van der Waals surface area (Å²) in [5, 5.41) is 8.89. The summed E-state index contributed by atoms with van der Waals surface area (Å²) < 4.78 is 79.4. The van der Waals surface area contributed by atoms with Crippen LogP contribution in [0.15, 0.2) is 46.9 Å². The summed E-state index contributed by atoms with van der Waals surface area (Å²) in [5.41, 5.74) is -3.43. The fourth-order valence-corrected chi connectivity index (χ4v) is 2.89. The van der Waals surface area contributed by atoms with Crippen LogP contribution in [0, 0.1) is 11.3 Å². The Morgan fingerprint density at radius 1 is 0.893 bits per heavy atom. The number of benzene rings is 1. The molecule has 0 aliphatic heterocycles. The zero-order valence-electron chi connectivity index (χ0n) is 13.6. The molecule has 2 aromatic heterocycles. The summed E-state index contributed by atoms with van der Waals surface area (Å²) in [5.74, 6) is -0.983. The predicted octanol–water partition coefficient (Wildman–Crippen LogP) is 6.09. The molecule has 144 valence electrons. The SMILES string of the molecule is N#C[C@@H](c1ccc(Br)cc1)c1ccc2c(C(F)(F)F)cc(C(F)(F)F)nc2n1. The van der Waals surface area contributed by atoms with Gasteiger partial charge in [-0.05, 0) is 35.9 Å². The number of aromatic nitrogens is 2. The van der Waals surface area contributed by atoms with Crippen molar-refractivity contribution < 1.29 is 26.3 Å². The van der Waals surface area contributed by atoms with Crippen LogP contribution in [-0.2, 0) is 12.4 Å². The largest absolute Gasteiger partial charge is 0.433 e. The van der Waals surface area contributed by atoms with Crippen LogP contribution in [0.4, 0.5) is 26.3 Å². The van der Waals surface area contributed by atoms with Crippen molar-refractivity contribution in [1.82, 2.24) is 9.97 Å². The van der Waals surface area contributed by atoms with E-state index in [1.807, 2.05) is 6.07 Å². The fraction of sp³-hybridized carbons (Fsp3) is 0.167. The molecule has 0 radical (unpaired) electrons. The Balaban J connectivity index is 2.22. The van der Waals surface area contributed by atoms with Crippen LogP contribution >= 0.6 is 15.9 Å². The molecule has 0 unspecified atom stereocenters. The molecule has 0 aliphatic carbocycles. The zero-order chi connectivity index (χ0) is 20.7. The van der Waals surface area contributed by atoms with E-state index in [4.69, 9.17) is 0 Å². The second-order valence-electron chi connectivity index (χ2n) is 5.77. The lowest BCUT2D eigenvalue weighted by Crippen LogP contribution is -2.14. The minimum atomic E-state index is -5.08. The maximum Gasteiger partial charge on any atom is 0.433 e. The van der Waals surface area contributed by atoms with Crippen molar-refractivity contribution in [2.24, 2.45) is 0 Å². The smallest absolute Gasteiger partial charge is 0.231 e. The minimum absolute atomic E-state index is 0.00253. The van der Waals surface area contributed by atoms with Gasteiger partial charge >= 0.3 is 12.4 Å². The molecule has 3 nitrogen and oxygen atoms in total. The zero-order valence-corrected chi connectivity index (χ0v) is 15.2. The van der Waals surface area contributed by atoms with Gasteiger partial charge < -0.3 is 0 Å². The number of alkyl halides is 6. The Kier molecular flexibility index (Phi) is 5.06. The summed E-state index contributed by atoms with van der Waals surface area (Å²) in [6, 6.07) is 10.6. The van der Waals surface area contributed by atoms with Gasteiger partial charge in [0.05, 0.1) is 17.3 Å². The molecule has 0 saturated heterocycles. The number of rotatable bonds is 2. The highest BCUT2D eigenvalue weighted by molar-refractivity contribution is 9.10. The number of nitriles is 1. The Morgan fingerprint density at radius 3 is 2.07 bits per heavy atom. The molecular formula is C18H8BrF6N3. The van der Waals surface area contributed by atoms with E-state index in [9.17, 15) is 31.6 Å². The monoisotopic (exact) mass is 459 g/mol. The molecular weight excluding hydrogens is 452 g/mol. The van der Waals surface area contributed by atoms with Gasteiger partial charge in [0.2, 0.25) is 0 Å². The van der Waals surface area contributed by atoms with Gasteiger partial charge in [-0.15, -0.1) is 0 Å². The van der Waals surface area contributed by atoms with Crippen molar-refractivity contribution >= 4 is 27.0 Å². The Morgan fingerprint density at radius 2 is 1.54 bits per heavy atom. The molecule has 0 fully saturated rings. The lowest BCUT2D eigenvalue weighted by Gasteiger charge is -2.15. The second kappa shape index (κ2) is 7.05. The molecule has 0 bridgehead atoms. The number of halogens is 7. The van der Waals surface area contributed by atoms with Crippen molar-refractivity contribution in [1.29, 1.82) is 5.26 Å². The van der Waals surface area contributed by atoms with E-state index in [1.54, 1.807) is 24.3 Å². The van der Waals surface area contributed by atoms with E-state index < -0.39 is 40.6 Å². The third-order valence-corrected chi connectivity index (χ3v) is 4.45. The molecule has 0 spiro atoms. The highest BCUT2D eigenvalue weighted by Gasteiger charge is 2.39. The van der Waals surface area contributed by atoms with Gasteiger partial charge in [0, 0.05) is 9.86 Å². The molecule has 0 aliphatic rings. The molecule has 2 heterocycles. The second-order valence-corrected chi connectivity index (χ2v) is 6.69. The minimum Gasteiger partial charge on any atom is -0.231 e. The average molecular weight is 460 g/mol. The molecule has 10 heteroatoms. The van der Waals surface area contributed by atoms with E-state index in [-0.39, 0.29) is 11.8 Å². The normalized spacial score (nSPS) is 13.4. The predicted molar refractivity (Wildman–Crippen MR) is 91.1 cm³/mol. The van der Waals surface area contributed by atoms with Gasteiger partial charge in [-0.3, -0.25) is 0 Å². The van der Waals surface area contributed by atoms with Crippen molar-refractivity contribution in [2.75, 3.05) is 0 Å². The lowest BCUT2D eigenvalue weighted by molar-refractivity contribution is -0.144. The first-order valence-corrected chi connectivity index (χ1v) is 8.41. The Bertz CT molecular complexity index is 1070. The number of pyridine rings is 2. The van der Waals surface area contributed by atoms with Gasteiger partial charge in [-0.2, -0.15) is 31.6 Å². The summed E-state index contributed by atoms with van der Waals surface area (Å²) >= 11 is 3.24. The molecule has 28 heavy (non-hydrogen) atoms. The van der Waals surface area contributed by atoms with Gasteiger partial charge in [-0.25, -0.2) is 9.97 Å². The standard InChI is InChI=1S/C18H8BrF6N3/c19-10-3-1-9(2-4-10)12(8-26)14-6-5-11-13(17(20,21)22)7-15(18(23,24)25)28-16(11)27-14/h1-7,12H/t12-/m0/s1. The van der Waals surface area contributed by atoms with E-state index in [2.05, 4.69) is 25.9 Å². The van der Waals surface area contributed by atoms with Crippen LogP contribution in [-0.4, -0.2) is 9.97 Å². The highest BCUT2D eigenvalue weighted by Crippen LogP contribution is 2.38. The maximum absolute atomic E-state index is 13.2. The van der Waals surface area contributed by atoms with Gasteiger partial charge in [0.15, 0.2) is 5.65 Å². The van der Waals surface area contributed by atoms with Gasteiger partial charge in [0.1, 0.15) is 11.6 Å². The van der Waals surface area contributed by atoms with E-state index in [1.165, 1.54) is 6.07 Å². The molecule has 1 atom stereocenters. The first-order valence-electron chi connectivity index (χ1n) is 7.62. The summed E-state index contributed by atoms with van der Waals surface area (Å²) in [6.07, 6.45) is -10.1. The summed E-state index contributed by atoms with van der Waals surface area (Å²) in [4.78, 5) is 7.10. The van der Waals surface area contributed by atoms with Crippen LogP contribution in [0.5, 0.6) is 0 Å². The third-order valence-electron chi connectivity index (χ3n) is 3.92. The number of fused-ring (bicyclic) bond motifs is 1. The third kappa shape index (κ3) is 3.94. The molecule has 0 saturated carbocycles. The Hall–Kier alpha value is -2.67. The molecule has 3 rings (SSSR count). The highest BCUT2D eigenvalue weighted by atomic mass is 79.9. The number of hydrogen-bond acceptors (Lipinski definition) is 3. The van der Waals surface area contributed by atoms with Gasteiger partial charge in [0.25, 0.3) is 0 Å². The number of nitrogens with zero attached hydrogens (tertiary/aromatic N) is 3. The van der Waals surface area contributed by atoms with Crippen molar-refractivity contribution in [2.45, 2.75) is 18.3 Å². The lowest BCUT2D eigenvalue weighted by atomic mass is 9.96. The van der Waals surface area contributed by atoms with Crippen LogP contribution in [0.3, 0.4) is 0 Å². The molecule has 0 amide bonds. The number of hydrogen-bond donors (Lipinski definition) is 0. The molecule has 0 N–H and O–H groups in total. The fourth-order valence-electron chi connectivity index (χ4n) is 2.63. The summed E-state index contributed by atoms with van der Waals surface area (Å²) in [7, 11) is 0. The van der Waals surface area contributed by atoms with Crippen molar-refractivity contribution in [3.63, 3.8) is 0 Å². The first-order chi connectivity index (χ1) is 13.0. The topological polar surface area (TPSA) is 49.6 Å². The van der Waals surface area contributed by atoms with E-state index in [0.717, 1.165) is 10.5 Å². The quantitative estimate of drug-likeness (QED) is 0.436. The maximum atomic E-state index is 13.2. The molecule has 1 aromatic carbocycles. The van der Waals surface area contributed by atoms with Crippen LogP contribution in [0.25, 0.3) is 11.0 Å². The Labute approximate surface area is 162 Å².